The maximum absolute atomic E-state index is 12.4. The minimum atomic E-state index is -4.36. The van der Waals surface area contributed by atoms with Crippen molar-refractivity contribution in [1.29, 1.82) is 0 Å². The lowest BCUT2D eigenvalue weighted by Gasteiger charge is -2.21. The first-order valence-corrected chi connectivity index (χ1v) is 20.4. The molecule has 0 aromatic heterocycles. The zero-order valence-electron chi connectivity index (χ0n) is 29.7. The van der Waals surface area contributed by atoms with Crippen molar-refractivity contribution in [3.63, 3.8) is 0 Å². The van der Waals surface area contributed by atoms with Gasteiger partial charge in [0.1, 0.15) is 0 Å². The largest absolute Gasteiger partial charge is 0.387 e. The molecule has 2 unspecified atom stereocenters. The van der Waals surface area contributed by atoms with Crippen LogP contribution in [-0.2, 0) is 14.9 Å². The van der Waals surface area contributed by atoms with Gasteiger partial charge in [0, 0.05) is 6.42 Å². The lowest BCUT2D eigenvalue weighted by molar-refractivity contribution is -0.122. The van der Waals surface area contributed by atoms with E-state index in [-0.39, 0.29) is 12.3 Å². The van der Waals surface area contributed by atoms with Gasteiger partial charge in [0.05, 0.1) is 17.9 Å². The number of hydrogen-bond donors (Lipinski definition) is 3. The SMILES string of the molecule is CCCCCC/C=C\CCCCCCCC(=O)NC(CS(=O)(=O)O)C(O)/C=C/CC/C=C/CC/C=C/CCCCCCCCCC. The molecule has 46 heavy (non-hydrogen) atoms. The number of allylic oxidation sites excluding steroid dienone is 7. The molecule has 0 radical (unpaired) electrons. The van der Waals surface area contributed by atoms with Crippen molar-refractivity contribution in [3.8, 4) is 0 Å². The Balaban J connectivity index is 4.08. The Labute approximate surface area is 284 Å². The van der Waals surface area contributed by atoms with Crippen molar-refractivity contribution in [3.05, 3.63) is 48.6 Å². The highest BCUT2D eigenvalue weighted by molar-refractivity contribution is 7.85. The average molecular weight is 666 g/mol. The molecule has 1 amide bonds. The van der Waals surface area contributed by atoms with E-state index in [2.05, 4.69) is 55.6 Å². The van der Waals surface area contributed by atoms with Crippen molar-refractivity contribution in [2.24, 2.45) is 0 Å². The highest BCUT2D eigenvalue weighted by Gasteiger charge is 2.24. The predicted octanol–water partition coefficient (Wildman–Crippen LogP) is 10.7. The Bertz CT molecular complexity index is 909. The molecule has 0 aliphatic heterocycles. The number of carbonyl (C=O) groups excluding carboxylic acids is 1. The van der Waals surface area contributed by atoms with Crippen LogP contribution in [0, 0.1) is 0 Å². The highest BCUT2D eigenvalue weighted by Crippen LogP contribution is 2.11. The van der Waals surface area contributed by atoms with Crippen LogP contribution in [0.15, 0.2) is 48.6 Å². The number of rotatable bonds is 33. The van der Waals surface area contributed by atoms with Crippen molar-refractivity contribution in [2.45, 2.75) is 187 Å². The molecule has 0 rings (SSSR count). The van der Waals surface area contributed by atoms with Gasteiger partial charge in [-0.05, 0) is 70.6 Å². The molecule has 0 bridgehead atoms. The van der Waals surface area contributed by atoms with E-state index in [0.717, 1.165) is 51.4 Å². The number of aliphatic hydroxyl groups excluding tert-OH is 1. The van der Waals surface area contributed by atoms with Gasteiger partial charge in [0.25, 0.3) is 10.1 Å². The number of hydrogen-bond acceptors (Lipinski definition) is 4. The van der Waals surface area contributed by atoms with Gasteiger partial charge < -0.3 is 10.4 Å². The van der Waals surface area contributed by atoms with E-state index in [1.807, 2.05) is 0 Å². The minimum Gasteiger partial charge on any atom is -0.387 e. The fraction of sp³-hybridized carbons (Fsp3) is 0.769. The second kappa shape index (κ2) is 33.2. The van der Waals surface area contributed by atoms with Crippen molar-refractivity contribution in [1.82, 2.24) is 5.32 Å². The van der Waals surface area contributed by atoms with Gasteiger partial charge in [-0.1, -0.05) is 146 Å². The van der Waals surface area contributed by atoms with Crippen LogP contribution in [-0.4, -0.2) is 41.9 Å². The Hall–Kier alpha value is -1.70. The van der Waals surface area contributed by atoms with Gasteiger partial charge in [-0.25, -0.2) is 0 Å². The lowest BCUT2D eigenvalue weighted by Crippen LogP contribution is -2.46. The molecular weight excluding hydrogens is 594 g/mol. The van der Waals surface area contributed by atoms with E-state index in [9.17, 15) is 22.9 Å². The smallest absolute Gasteiger partial charge is 0.267 e. The summed E-state index contributed by atoms with van der Waals surface area (Å²) in [5, 5.41) is 13.1. The third-order valence-electron chi connectivity index (χ3n) is 8.21. The van der Waals surface area contributed by atoms with Crippen LogP contribution in [0.3, 0.4) is 0 Å². The Kier molecular flexibility index (Phi) is 32.0. The molecular formula is C39H71NO5S. The maximum Gasteiger partial charge on any atom is 0.267 e. The lowest BCUT2D eigenvalue weighted by atomic mass is 10.1. The molecule has 2 atom stereocenters. The molecule has 0 aliphatic rings. The molecule has 0 saturated heterocycles. The van der Waals surface area contributed by atoms with Crippen LogP contribution >= 0.6 is 0 Å². The third-order valence-corrected chi connectivity index (χ3v) is 8.99. The fourth-order valence-corrected chi connectivity index (χ4v) is 6.09. The predicted molar refractivity (Wildman–Crippen MR) is 198 cm³/mol. The summed E-state index contributed by atoms with van der Waals surface area (Å²) < 4.78 is 32.4. The van der Waals surface area contributed by atoms with Gasteiger partial charge in [0.15, 0.2) is 0 Å². The number of unbranched alkanes of at least 4 members (excludes halogenated alkanes) is 19. The molecule has 0 heterocycles. The quantitative estimate of drug-likeness (QED) is 0.0368. The average Bonchev–Trinajstić information content (AvgIpc) is 3.01. The molecule has 0 aromatic rings. The van der Waals surface area contributed by atoms with Crippen molar-refractivity contribution in [2.75, 3.05) is 5.75 Å². The van der Waals surface area contributed by atoms with E-state index >= 15 is 0 Å². The Morgan fingerprint density at radius 1 is 0.565 bits per heavy atom. The summed E-state index contributed by atoms with van der Waals surface area (Å²) >= 11 is 0. The second-order valence-corrected chi connectivity index (χ2v) is 14.3. The molecule has 0 aromatic carbocycles. The standard InChI is InChI=1S/C39H71NO5S/c1-3-5-7-9-11-13-15-17-18-19-20-21-23-24-26-28-30-32-34-38(41)37(36-46(43,44)45)40-39(42)35-33-31-29-27-25-22-16-14-12-10-8-6-4-2/h14,16,19-20,24,26,32,34,37-38,41H,3-13,15,17-18,21-23,25,27-31,33,35-36H2,1-2H3,(H,40,42)(H,43,44,45)/b16-14-,20-19+,26-24+,34-32+. The number of nitrogens with one attached hydrogen (secondary N) is 1. The summed E-state index contributed by atoms with van der Waals surface area (Å²) in [6.45, 7) is 4.48. The first kappa shape index (κ1) is 44.3. The molecule has 6 nitrogen and oxygen atoms in total. The zero-order valence-corrected chi connectivity index (χ0v) is 30.5. The molecule has 0 saturated carbocycles. The van der Waals surface area contributed by atoms with Gasteiger partial charge in [-0.3, -0.25) is 9.35 Å². The molecule has 7 heteroatoms. The highest BCUT2D eigenvalue weighted by atomic mass is 32.2. The molecule has 0 fully saturated rings. The number of aliphatic hydroxyl groups is 1. The Morgan fingerprint density at radius 2 is 0.935 bits per heavy atom. The van der Waals surface area contributed by atoms with Crippen LogP contribution in [0.5, 0.6) is 0 Å². The molecule has 268 valence electrons. The summed E-state index contributed by atoms with van der Waals surface area (Å²) in [7, 11) is -4.36. The zero-order chi connectivity index (χ0) is 34.0. The summed E-state index contributed by atoms with van der Waals surface area (Å²) in [5.74, 6) is -1.02. The van der Waals surface area contributed by atoms with E-state index in [1.54, 1.807) is 6.08 Å². The molecule has 3 N–H and O–H groups in total. The van der Waals surface area contributed by atoms with E-state index in [1.165, 1.54) is 96.0 Å². The summed E-state index contributed by atoms with van der Waals surface area (Å²) in [4.78, 5) is 12.4. The van der Waals surface area contributed by atoms with Crippen LogP contribution in [0.4, 0.5) is 0 Å². The van der Waals surface area contributed by atoms with Crippen molar-refractivity contribution < 1.29 is 22.9 Å². The van der Waals surface area contributed by atoms with Gasteiger partial charge in [-0.15, -0.1) is 0 Å². The van der Waals surface area contributed by atoms with E-state index in [0.29, 0.717) is 12.8 Å². The van der Waals surface area contributed by atoms with Crippen molar-refractivity contribution >= 4 is 16.0 Å². The normalized spacial score (nSPS) is 13.9. The summed E-state index contributed by atoms with van der Waals surface area (Å²) in [6.07, 6.45) is 43.8. The Morgan fingerprint density at radius 3 is 1.39 bits per heavy atom. The summed E-state index contributed by atoms with van der Waals surface area (Å²) in [6, 6.07) is -1.08. The first-order chi connectivity index (χ1) is 22.3. The van der Waals surface area contributed by atoms with Crippen LogP contribution in [0.2, 0.25) is 0 Å². The fourth-order valence-electron chi connectivity index (χ4n) is 5.36. The van der Waals surface area contributed by atoms with Crippen LogP contribution in [0.1, 0.15) is 174 Å². The van der Waals surface area contributed by atoms with Gasteiger partial charge in [0.2, 0.25) is 5.91 Å². The number of carbonyl (C=O) groups is 1. The first-order valence-electron chi connectivity index (χ1n) is 18.8. The maximum atomic E-state index is 12.4. The minimum absolute atomic E-state index is 0.273. The monoisotopic (exact) mass is 666 g/mol. The van der Waals surface area contributed by atoms with Gasteiger partial charge in [-0.2, -0.15) is 8.42 Å². The topological polar surface area (TPSA) is 104 Å². The van der Waals surface area contributed by atoms with Crippen LogP contribution in [0.25, 0.3) is 0 Å². The summed E-state index contributed by atoms with van der Waals surface area (Å²) in [5.41, 5.74) is 0. The molecule has 0 spiro atoms. The van der Waals surface area contributed by atoms with E-state index in [4.69, 9.17) is 0 Å². The van der Waals surface area contributed by atoms with Gasteiger partial charge >= 0.3 is 0 Å². The number of amides is 1. The second-order valence-electron chi connectivity index (χ2n) is 12.8. The molecule has 0 aliphatic carbocycles. The van der Waals surface area contributed by atoms with E-state index < -0.39 is 28.0 Å². The third kappa shape index (κ3) is 33.7. The van der Waals surface area contributed by atoms with Crippen LogP contribution < -0.4 is 5.32 Å².